The molecular formula is C10H14N2O4S. The van der Waals surface area contributed by atoms with Crippen LogP contribution in [0.15, 0.2) is 15.8 Å². The second-order valence-electron chi connectivity index (χ2n) is 3.65. The number of hydrogen-bond acceptors (Lipinski definition) is 4. The van der Waals surface area contributed by atoms with Gasteiger partial charge in [0.2, 0.25) is 0 Å². The average Bonchev–Trinajstić information content (AvgIpc) is 2.21. The van der Waals surface area contributed by atoms with Crippen molar-refractivity contribution in [1.29, 1.82) is 0 Å². The van der Waals surface area contributed by atoms with Crippen molar-refractivity contribution in [2.45, 2.75) is 19.9 Å². The molecule has 0 radical (unpaired) electrons. The van der Waals surface area contributed by atoms with Crippen molar-refractivity contribution in [2.75, 3.05) is 12.0 Å². The molecule has 0 bridgehead atoms. The molecule has 1 atom stereocenters. The molecule has 0 fully saturated rings. The van der Waals surface area contributed by atoms with Crippen LogP contribution in [-0.2, 0) is 17.3 Å². The van der Waals surface area contributed by atoms with Gasteiger partial charge < -0.3 is 4.98 Å². The maximum Gasteiger partial charge on any atom is 0.328 e. The predicted octanol–water partition coefficient (Wildman–Crippen LogP) is -0.492. The summed E-state index contributed by atoms with van der Waals surface area (Å²) in [6.45, 7) is 1.43. The number of carbonyl (C=O) groups is 1. The summed E-state index contributed by atoms with van der Waals surface area (Å²) in [7, 11) is -0.961. The van der Waals surface area contributed by atoms with E-state index >= 15 is 0 Å². The van der Waals surface area contributed by atoms with Crippen LogP contribution in [0, 0.1) is 0 Å². The minimum absolute atomic E-state index is 0.0396. The van der Waals surface area contributed by atoms with Gasteiger partial charge in [0.25, 0.3) is 5.56 Å². The highest BCUT2D eigenvalue weighted by atomic mass is 32.2. The molecule has 6 nitrogen and oxygen atoms in total. The van der Waals surface area contributed by atoms with Crippen molar-refractivity contribution >= 4 is 16.6 Å². The summed E-state index contributed by atoms with van der Waals surface area (Å²) in [6.07, 6.45) is 3.13. The molecule has 1 aromatic rings. The topological polar surface area (TPSA) is 89.0 Å². The summed E-state index contributed by atoms with van der Waals surface area (Å²) in [5.74, 6) is 0.0231. The van der Waals surface area contributed by atoms with Crippen LogP contribution >= 0.6 is 0 Å². The van der Waals surface area contributed by atoms with E-state index in [0.717, 1.165) is 10.8 Å². The fraction of sp³-hybridized carbons (Fsp3) is 0.500. The lowest BCUT2D eigenvalue weighted by Crippen LogP contribution is -2.38. The van der Waals surface area contributed by atoms with Gasteiger partial charge in [-0.3, -0.25) is 18.4 Å². The molecule has 17 heavy (non-hydrogen) atoms. The molecule has 94 valence electrons. The number of carbonyl (C=O) groups excluding carboxylic acids is 1. The fourth-order valence-electron chi connectivity index (χ4n) is 1.39. The number of nitrogens with zero attached hydrogens (tertiary/aromatic N) is 1. The van der Waals surface area contributed by atoms with E-state index in [2.05, 4.69) is 4.98 Å². The summed E-state index contributed by atoms with van der Waals surface area (Å²) < 4.78 is 11.8. The number of aromatic nitrogens is 2. The van der Waals surface area contributed by atoms with Gasteiger partial charge in [-0.1, -0.05) is 0 Å². The number of nitrogens with one attached hydrogen (secondary N) is 1. The van der Waals surface area contributed by atoms with E-state index in [4.69, 9.17) is 0 Å². The summed E-state index contributed by atoms with van der Waals surface area (Å²) in [4.78, 5) is 36.6. The van der Waals surface area contributed by atoms with Crippen LogP contribution in [0.1, 0.15) is 23.7 Å². The normalized spacial score (nSPS) is 12.4. The third kappa shape index (κ3) is 3.48. The van der Waals surface area contributed by atoms with Crippen LogP contribution in [0.2, 0.25) is 0 Å². The molecule has 0 aliphatic heterocycles. The Bertz CT molecular complexity index is 558. The Morgan fingerprint density at radius 3 is 2.65 bits per heavy atom. The molecule has 1 N–H and O–H groups in total. The molecule has 1 unspecified atom stereocenters. The van der Waals surface area contributed by atoms with Crippen molar-refractivity contribution in [3.63, 3.8) is 0 Å². The van der Waals surface area contributed by atoms with Gasteiger partial charge in [0, 0.05) is 35.5 Å². The van der Waals surface area contributed by atoms with Crippen LogP contribution in [0.25, 0.3) is 0 Å². The van der Waals surface area contributed by atoms with Crippen molar-refractivity contribution in [3.8, 4) is 0 Å². The minimum Gasteiger partial charge on any atom is -0.313 e. The Labute approximate surface area is 100 Å². The van der Waals surface area contributed by atoms with Gasteiger partial charge in [0.05, 0.1) is 5.56 Å². The second kappa shape index (κ2) is 5.72. The Balaban J connectivity index is 3.02. The molecule has 7 heteroatoms. The maximum atomic E-state index is 11.8. The number of Topliss-reactive ketones (excluding diaryl/α,β-unsaturated/α-hetero) is 1. The average molecular weight is 258 g/mol. The van der Waals surface area contributed by atoms with Crippen molar-refractivity contribution < 1.29 is 9.00 Å². The monoisotopic (exact) mass is 258 g/mol. The number of rotatable bonds is 5. The zero-order valence-electron chi connectivity index (χ0n) is 9.69. The maximum absolute atomic E-state index is 11.8. The summed E-state index contributed by atoms with van der Waals surface area (Å²) in [6, 6.07) is 0. The summed E-state index contributed by atoms with van der Waals surface area (Å²) in [5, 5.41) is 0. The lowest BCUT2D eigenvalue weighted by atomic mass is 10.2. The van der Waals surface area contributed by atoms with E-state index in [-0.39, 0.29) is 17.9 Å². The van der Waals surface area contributed by atoms with Gasteiger partial charge in [0.1, 0.15) is 0 Å². The van der Waals surface area contributed by atoms with E-state index < -0.39 is 22.0 Å². The number of hydrogen-bond donors (Lipinski definition) is 1. The van der Waals surface area contributed by atoms with Crippen molar-refractivity contribution in [2.24, 2.45) is 0 Å². The highest BCUT2D eigenvalue weighted by Gasteiger charge is 2.10. The SMILES string of the molecule is CC(=O)c1c[nH]c(=O)n(CCCS(C)=O)c1=O. The third-order valence-electron chi connectivity index (χ3n) is 2.25. The van der Waals surface area contributed by atoms with Crippen LogP contribution in [0.5, 0.6) is 0 Å². The summed E-state index contributed by atoms with van der Waals surface area (Å²) >= 11 is 0. The highest BCUT2D eigenvalue weighted by Crippen LogP contribution is 1.90. The van der Waals surface area contributed by atoms with Gasteiger partial charge in [0.15, 0.2) is 5.78 Å². The quantitative estimate of drug-likeness (QED) is 0.722. The molecule has 1 heterocycles. The molecule has 0 aliphatic carbocycles. The Morgan fingerprint density at radius 2 is 2.12 bits per heavy atom. The zero-order chi connectivity index (χ0) is 13.0. The van der Waals surface area contributed by atoms with E-state index in [1.54, 1.807) is 6.26 Å². The van der Waals surface area contributed by atoms with Gasteiger partial charge in [-0.15, -0.1) is 0 Å². The van der Waals surface area contributed by atoms with Crippen LogP contribution < -0.4 is 11.2 Å². The smallest absolute Gasteiger partial charge is 0.313 e. The highest BCUT2D eigenvalue weighted by molar-refractivity contribution is 7.84. The van der Waals surface area contributed by atoms with Crippen LogP contribution in [-0.4, -0.2) is 31.6 Å². The first-order valence-corrected chi connectivity index (χ1v) is 6.79. The van der Waals surface area contributed by atoms with Gasteiger partial charge in [-0.25, -0.2) is 4.79 Å². The molecule has 0 saturated carbocycles. The number of H-pyrrole nitrogens is 1. The van der Waals surface area contributed by atoms with E-state index in [9.17, 15) is 18.6 Å². The number of ketones is 1. The Morgan fingerprint density at radius 1 is 1.47 bits per heavy atom. The van der Waals surface area contributed by atoms with Crippen LogP contribution in [0.3, 0.4) is 0 Å². The standard InChI is InChI=1S/C10H14N2O4S/c1-7(13)8-6-11-10(15)12(9(8)14)4-3-5-17(2)16/h6H,3-5H2,1-2H3,(H,11,15). The first-order valence-electron chi connectivity index (χ1n) is 5.07. The minimum atomic E-state index is -0.961. The molecular weight excluding hydrogens is 244 g/mol. The fourth-order valence-corrected chi connectivity index (χ4v) is 1.93. The van der Waals surface area contributed by atoms with Crippen molar-refractivity contribution in [3.05, 3.63) is 32.6 Å². The Kier molecular flexibility index (Phi) is 4.56. The molecule has 0 aliphatic rings. The summed E-state index contributed by atoms with van der Waals surface area (Å²) in [5.41, 5.74) is -1.19. The van der Waals surface area contributed by atoms with Gasteiger partial charge in [-0.2, -0.15) is 0 Å². The first-order chi connectivity index (χ1) is 7.93. The lowest BCUT2D eigenvalue weighted by Gasteiger charge is -2.04. The van der Waals surface area contributed by atoms with E-state index in [1.807, 2.05) is 0 Å². The molecule has 0 saturated heterocycles. The van der Waals surface area contributed by atoms with E-state index in [0.29, 0.717) is 12.2 Å². The van der Waals surface area contributed by atoms with Crippen LogP contribution in [0.4, 0.5) is 0 Å². The zero-order valence-corrected chi connectivity index (χ0v) is 10.5. The van der Waals surface area contributed by atoms with E-state index in [1.165, 1.54) is 6.92 Å². The molecule has 0 aromatic carbocycles. The second-order valence-corrected chi connectivity index (χ2v) is 5.21. The molecule has 1 aromatic heterocycles. The first kappa shape index (κ1) is 13.6. The molecule has 1 rings (SSSR count). The molecule has 0 amide bonds. The van der Waals surface area contributed by atoms with Gasteiger partial charge >= 0.3 is 5.69 Å². The third-order valence-corrected chi connectivity index (χ3v) is 3.12. The molecule has 0 spiro atoms. The van der Waals surface area contributed by atoms with Crippen molar-refractivity contribution in [1.82, 2.24) is 9.55 Å². The number of aromatic amines is 1. The lowest BCUT2D eigenvalue weighted by molar-refractivity contribution is 0.101. The Hall–Kier alpha value is -1.50. The predicted molar refractivity (Wildman–Crippen MR) is 64.9 cm³/mol. The largest absolute Gasteiger partial charge is 0.328 e. The van der Waals surface area contributed by atoms with Gasteiger partial charge in [-0.05, 0) is 13.3 Å².